The Labute approximate surface area is 200 Å². The zero-order valence-electron chi connectivity index (χ0n) is 20.2. The highest BCUT2D eigenvalue weighted by Crippen LogP contribution is 2.35. The molecule has 3 heterocycles. The quantitative estimate of drug-likeness (QED) is 0.492. The minimum absolute atomic E-state index is 0.0135. The highest BCUT2D eigenvalue weighted by atomic mass is 32.1. The van der Waals surface area contributed by atoms with Gasteiger partial charge in [0.2, 0.25) is 0 Å². The van der Waals surface area contributed by atoms with Crippen molar-refractivity contribution in [1.82, 2.24) is 4.98 Å². The van der Waals surface area contributed by atoms with Gasteiger partial charge in [-0.1, -0.05) is 34.1 Å². The number of esters is 1. The molecule has 2 N–H and O–H groups in total. The third-order valence-corrected chi connectivity index (χ3v) is 7.83. The molecule has 7 atom stereocenters. The van der Waals surface area contributed by atoms with Crippen molar-refractivity contribution in [1.29, 1.82) is 0 Å². The molecule has 184 valence electrons. The van der Waals surface area contributed by atoms with Gasteiger partial charge in [-0.15, -0.1) is 11.3 Å². The normalized spacial score (nSPS) is 36.4. The average molecular weight is 480 g/mol. The standard InChI is InChI=1S/C25H37NO6S/c1-14-7-6-8-19-20(32-19)11-18(10-9-17-13-33-16(3)26-17)31-22(28)12-21(27)25(4,5)24(30)15(2)23(14)29/h9-10,13-15,18-21,23,27,29H,6-8,11-12H2,1-5H3/b10-9+/t14-,15+,18+,19+,20-,21-,23-/m0/s1. The van der Waals surface area contributed by atoms with Gasteiger partial charge in [0.05, 0.1) is 47.0 Å². The second-order valence-electron chi connectivity index (χ2n) is 10.1. The number of ether oxygens (including phenoxy) is 2. The van der Waals surface area contributed by atoms with Gasteiger partial charge >= 0.3 is 5.97 Å². The monoisotopic (exact) mass is 479 g/mol. The maximum absolute atomic E-state index is 13.1. The van der Waals surface area contributed by atoms with E-state index >= 15 is 0 Å². The molecule has 0 aromatic carbocycles. The molecule has 8 heteroatoms. The third kappa shape index (κ3) is 6.72. The van der Waals surface area contributed by atoms with E-state index in [-0.39, 0.29) is 30.3 Å². The maximum atomic E-state index is 13.1. The number of aromatic nitrogens is 1. The Morgan fingerprint density at radius 1 is 1.18 bits per heavy atom. The van der Waals surface area contributed by atoms with Gasteiger partial charge in [-0.05, 0) is 37.8 Å². The molecule has 0 unspecified atom stereocenters. The van der Waals surface area contributed by atoms with Gasteiger partial charge in [-0.25, -0.2) is 4.98 Å². The Bertz CT molecular complexity index is 865. The molecule has 0 aliphatic carbocycles. The predicted octanol–water partition coefficient (Wildman–Crippen LogP) is 3.70. The molecule has 3 rings (SSSR count). The molecular weight excluding hydrogens is 442 g/mol. The van der Waals surface area contributed by atoms with E-state index in [1.54, 1.807) is 32.1 Å². The van der Waals surface area contributed by atoms with Crippen molar-refractivity contribution < 1.29 is 29.3 Å². The van der Waals surface area contributed by atoms with E-state index < -0.39 is 35.6 Å². The minimum Gasteiger partial charge on any atom is -0.458 e. The Morgan fingerprint density at radius 3 is 2.58 bits per heavy atom. The van der Waals surface area contributed by atoms with Gasteiger partial charge in [-0.2, -0.15) is 0 Å². The molecule has 2 aliphatic heterocycles. The Kier molecular flexibility index (Phi) is 8.48. The van der Waals surface area contributed by atoms with Crippen LogP contribution in [0.15, 0.2) is 11.5 Å². The number of hydrogen-bond acceptors (Lipinski definition) is 8. The van der Waals surface area contributed by atoms with Crippen molar-refractivity contribution in [3.63, 3.8) is 0 Å². The number of aliphatic hydroxyl groups is 2. The summed E-state index contributed by atoms with van der Waals surface area (Å²) in [5.41, 5.74) is -0.382. The molecule has 1 aromatic heterocycles. The van der Waals surface area contributed by atoms with Gasteiger partial charge in [0.15, 0.2) is 0 Å². The van der Waals surface area contributed by atoms with E-state index in [0.29, 0.717) is 6.42 Å². The highest BCUT2D eigenvalue weighted by Gasteiger charge is 2.44. The first-order valence-corrected chi connectivity index (χ1v) is 12.7. The second kappa shape index (κ2) is 10.8. The van der Waals surface area contributed by atoms with Gasteiger partial charge < -0.3 is 19.7 Å². The predicted molar refractivity (Wildman–Crippen MR) is 127 cm³/mol. The lowest BCUT2D eigenvalue weighted by atomic mass is 9.73. The first kappa shape index (κ1) is 26.0. The summed E-state index contributed by atoms with van der Waals surface area (Å²) in [6.07, 6.45) is 4.02. The second-order valence-corrected chi connectivity index (χ2v) is 11.2. The van der Waals surface area contributed by atoms with Gasteiger partial charge in [0.1, 0.15) is 11.9 Å². The summed E-state index contributed by atoms with van der Waals surface area (Å²) in [5, 5.41) is 24.4. The Morgan fingerprint density at radius 2 is 1.91 bits per heavy atom. The first-order chi connectivity index (χ1) is 15.5. The van der Waals surface area contributed by atoms with E-state index in [0.717, 1.165) is 30.0 Å². The summed E-state index contributed by atoms with van der Waals surface area (Å²) in [6, 6.07) is 0. The minimum atomic E-state index is -1.22. The summed E-state index contributed by atoms with van der Waals surface area (Å²) in [5.74, 6) is -1.52. The van der Waals surface area contributed by atoms with Crippen molar-refractivity contribution in [2.45, 2.75) is 97.2 Å². The number of nitrogens with zero attached hydrogens (tertiary/aromatic N) is 1. The van der Waals surface area contributed by atoms with Crippen LogP contribution < -0.4 is 0 Å². The Balaban J connectivity index is 1.77. The van der Waals surface area contributed by atoms with Crippen LogP contribution in [-0.2, 0) is 19.1 Å². The van der Waals surface area contributed by atoms with Crippen LogP contribution in [0, 0.1) is 24.2 Å². The van der Waals surface area contributed by atoms with Crippen LogP contribution in [-0.4, -0.2) is 57.5 Å². The number of aliphatic hydroxyl groups excluding tert-OH is 2. The lowest BCUT2D eigenvalue weighted by Crippen LogP contribution is -2.45. The number of fused-ring (bicyclic) bond motifs is 1. The average Bonchev–Trinajstić information content (AvgIpc) is 3.35. The van der Waals surface area contributed by atoms with E-state index in [1.165, 1.54) is 0 Å². The van der Waals surface area contributed by atoms with Crippen LogP contribution in [0.25, 0.3) is 6.08 Å². The Hall–Kier alpha value is -1.61. The molecule has 33 heavy (non-hydrogen) atoms. The molecule has 2 aliphatic rings. The summed E-state index contributed by atoms with van der Waals surface area (Å²) < 4.78 is 11.5. The van der Waals surface area contributed by atoms with Gasteiger partial charge in [0.25, 0.3) is 0 Å². The number of epoxide rings is 1. The smallest absolute Gasteiger partial charge is 0.309 e. The van der Waals surface area contributed by atoms with Crippen LogP contribution >= 0.6 is 11.3 Å². The number of Topliss-reactive ketones (excluding diaryl/α,β-unsaturated/α-hetero) is 1. The third-order valence-electron chi connectivity index (χ3n) is 7.04. The topological polar surface area (TPSA) is 109 Å². The zero-order valence-corrected chi connectivity index (χ0v) is 21.0. The van der Waals surface area contributed by atoms with Crippen LogP contribution in [0.1, 0.15) is 70.5 Å². The van der Waals surface area contributed by atoms with Crippen LogP contribution in [0.3, 0.4) is 0 Å². The van der Waals surface area contributed by atoms with E-state index in [1.807, 2.05) is 31.4 Å². The van der Waals surface area contributed by atoms with E-state index in [2.05, 4.69) is 4.98 Å². The molecule has 0 bridgehead atoms. The van der Waals surface area contributed by atoms with Crippen LogP contribution in [0.4, 0.5) is 0 Å². The maximum Gasteiger partial charge on any atom is 0.309 e. The van der Waals surface area contributed by atoms with Crippen molar-refractivity contribution in [2.24, 2.45) is 17.3 Å². The van der Waals surface area contributed by atoms with Crippen molar-refractivity contribution >= 4 is 29.2 Å². The number of ketones is 1. The zero-order chi connectivity index (χ0) is 24.3. The molecule has 2 saturated heterocycles. The summed E-state index contributed by atoms with van der Waals surface area (Å²) in [6.45, 7) is 8.82. The molecule has 0 amide bonds. The molecule has 1 aromatic rings. The molecule has 2 fully saturated rings. The van der Waals surface area contributed by atoms with Gasteiger partial charge in [0, 0.05) is 17.7 Å². The summed E-state index contributed by atoms with van der Waals surface area (Å²) >= 11 is 1.55. The summed E-state index contributed by atoms with van der Waals surface area (Å²) in [7, 11) is 0. The highest BCUT2D eigenvalue weighted by molar-refractivity contribution is 7.09. The van der Waals surface area contributed by atoms with E-state index in [4.69, 9.17) is 9.47 Å². The lowest BCUT2D eigenvalue weighted by Gasteiger charge is -2.34. The molecule has 0 radical (unpaired) electrons. The fourth-order valence-corrected chi connectivity index (χ4v) is 5.12. The number of aryl methyl sites for hydroxylation is 1. The molecule has 7 nitrogen and oxygen atoms in total. The van der Waals surface area contributed by atoms with Gasteiger partial charge in [-0.3, -0.25) is 9.59 Å². The number of carbonyl (C=O) groups excluding carboxylic acids is 2. The molecule has 0 saturated carbocycles. The molecule has 0 spiro atoms. The summed E-state index contributed by atoms with van der Waals surface area (Å²) in [4.78, 5) is 30.2. The number of hydrogen-bond donors (Lipinski definition) is 2. The fraction of sp³-hybridized carbons (Fsp3) is 0.720. The number of thiazole rings is 1. The molecular formula is C25H37NO6S. The van der Waals surface area contributed by atoms with Crippen molar-refractivity contribution in [3.8, 4) is 0 Å². The number of cyclic esters (lactones) is 1. The number of carbonyl (C=O) groups is 2. The number of rotatable bonds is 2. The fourth-order valence-electron chi connectivity index (χ4n) is 4.54. The van der Waals surface area contributed by atoms with Crippen LogP contribution in [0.5, 0.6) is 0 Å². The SMILES string of the molecule is Cc1nc(/C=C/[C@@H]2C[C@@H]3O[C@@H]3CCC[C@H](C)[C@H](O)[C@@H](C)C(=O)C(C)(C)[C@@H](O)CC(=O)O2)cs1. The lowest BCUT2D eigenvalue weighted by molar-refractivity contribution is -0.154. The van der Waals surface area contributed by atoms with E-state index in [9.17, 15) is 19.8 Å². The van der Waals surface area contributed by atoms with Crippen molar-refractivity contribution in [2.75, 3.05) is 0 Å². The van der Waals surface area contributed by atoms with Crippen molar-refractivity contribution in [3.05, 3.63) is 22.2 Å². The first-order valence-electron chi connectivity index (χ1n) is 11.8. The largest absolute Gasteiger partial charge is 0.458 e. The van der Waals surface area contributed by atoms with Crippen LogP contribution in [0.2, 0.25) is 0 Å².